The molecule has 2 heterocycles. The predicted molar refractivity (Wildman–Crippen MR) is 120 cm³/mol. The van der Waals surface area contributed by atoms with Crippen molar-refractivity contribution in [3.05, 3.63) is 33.6 Å². The summed E-state index contributed by atoms with van der Waals surface area (Å²) in [6.45, 7) is 4.40. The molecule has 32 heavy (non-hydrogen) atoms. The molecule has 2 aromatic rings. The number of hydrogen-bond acceptors (Lipinski definition) is 6. The van der Waals surface area contributed by atoms with Gasteiger partial charge in [0.1, 0.15) is 0 Å². The first-order chi connectivity index (χ1) is 15.3. The number of nitriles is 1. The lowest BCUT2D eigenvalue weighted by molar-refractivity contribution is -0.137. The van der Waals surface area contributed by atoms with Crippen molar-refractivity contribution in [2.24, 2.45) is 5.92 Å². The van der Waals surface area contributed by atoms with E-state index in [-0.39, 0.29) is 18.2 Å². The minimum absolute atomic E-state index is 0.0163. The molecule has 0 N–H and O–H groups in total. The summed E-state index contributed by atoms with van der Waals surface area (Å²) < 4.78 is 40.5. The van der Waals surface area contributed by atoms with Crippen LogP contribution in [0.15, 0.2) is 16.9 Å². The molecule has 0 unspecified atom stereocenters. The number of aryl methyl sites for hydroxylation is 1. The maximum absolute atomic E-state index is 13.3. The van der Waals surface area contributed by atoms with Gasteiger partial charge in [0.2, 0.25) is 0 Å². The Morgan fingerprint density at radius 1 is 1.12 bits per heavy atom. The Labute approximate surface area is 189 Å². The lowest BCUT2D eigenvalue weighted by Crippen LogP contribution is -2.48. The van der Waals surface area contributed by atoms with Crippen LogP contribution in [0, 0.1) is 17.2 Å². The predicted octanol–water partition coefficient (Wildman–Crippen LogP) is 4.83. The average Bonchev–Trinajstić information content (AvgIpc) is 2.78. The summed E-state index contributed by atoms with van der Waals surface area (Å²) in [5.41, 5.74) is -1.12. The number of rotatable bonds is 5. The smallest absolute Gasteiger partial charge is 0.345 e. The van der Waals surface area contributed by atoms with E-state index in [2.05, 4.69) is 14.8 Å². The molecule has 2 aliphatic rings. The standard InChI is InChI=1S/C23H27F3N4OS/c24-23(25,26)18-13-17(7-4-8-27)20-19(14-18)21(31)28-22(32-20)30-11-9-29(10-12-30)15-16-5-2-1-3-6-16/h13-14,16H,1-7,9-12,15H2. The zero-order chi connectivity index (χ0) is 22.7. The van der Waals surface area contributed by atoms with Crippen LogP contribution in [-0.2, 0) is 12.6 Å². The zero-order valence-electron chi connectivity index (χ0n) is 18.0. The van der Waals surface area contributed by atoms with Gasteiger partial charge < -0.3 is 4.90 Å². The van der Waals surface area contributed by atoms with Gasteiger partial charge in [-0.15, -0.1) is 0 Å². The number of fused-ring (bicyclic) bond motifs is 1. The molecule has 0 atom stereocenters. The summed E-state index contributed by atoms with van der Waals surface area (Å²) in [4.78, 5) is 21.4. The van der Waals surface area contributed by atoms with Crippen molar-refractivity contribution in [2.45, 2.75) is 51.1 Å². The first kappa shape index (κ1) is 23.0. The topological polar surface area (TPSA) is 60.2 Å². The van der Waals surface area contributed by atoms with Crippen molar-refractivity contribution >= 4 is 26.6 Å². The molecule has 1 aromatic heterocycles. The van der Waals surface area contributed by atoms with E-state index in [1.54, 1.807) is 0 Å². The Morgan fingerprint density at radius 2 is 1.84 bits per heavy atom. The Bertz CT molecular complexity index is 1050. The van der Waals surface area contributed by atoms with E-state index >= 15 is 0 Å². The van der Waals surface area contributed by atoms with Crippen LogP contribution in [0.25, 0.3) is 10.1 Å². The fourth-order valence-electron chi connectivity index (χ4n) is 4.76. The highest BCUT2D eigenvalue weighted by atomic mass is 32.1. The van der Waals surface area contributed by atoms with Gasteiger partial charge in [-0.1, -0.05) is 30.6 Å². The van der Waals surface area contributed by atoms with Gasteiger partial charge in [0.15, 0.2) is 5.13 Å². The molecular weight excluding hydrogens is 437 g/mol. The van der Waals surface area contributed by atoms with E-state index in [9.17, 15) is 18.0 Å². The van der Waals surface area contributed by atoms with Gasteiger partial charge in [-0.05, 0) is 42.9 Å². The van der Waals surface area contributed by atoms with Crippen molar-refractivity contribution in [2.75, 3.05) is 37.6 Å². The van der Waals surface area contributed by atoms with Crippen molar-refractivity contribution in [1.29, 1.82) is 5.26 Å². The summed E-state index contributed by atoms with van der Waals surface area (Å²) in [7, 11) is 0. The number of hydrogen-bond donors (Lipinski definition) is 0. The second kappa shape index (κ2) is 9.75. The lowest BCUT2D eigenvalue weighted by Gasteiger charge is -2.37. The van der Waals surface area contributed by atoms with Crippen molar-refractivity contribution in [3.63, 3.8) is 0 Å². The molecule has 1 saturated heterocycles. The molecule has 0 bridgehead atoms. The third kappa shape index (κ3) is 5.24. The van der Waals surface area contributed by atoms with Crippen LogP contribution in [0.4, 0.5) is 18.3 Å². The van der Waals surface area contributed by atoms with Gasteiger partial charge >= 0.3 is 6.18 Å². The SMILES string of the molecule is N#CCCc1cc(C(F)(F)F)cc2c(=O)nc(N3CCN(CC4CCCCC4)CC3)sc12. The van der Waals surface area contributed by atoms with Gasteiger partial charge in [0, 0.05) is 43.8 Å². The molecule has 5 nitrogen and oxygen atoms in total. The van der Waals surface area contributed by atoms with Crippen LogP contribution in [0.1, 0.15) is 49.7 Å². The Morgan fingerprint density at radius 3 is 2.50 bits per heavy atom. The number of aromatic nitrogens is 1. The molecule has 1 aliphatic heterocycles. The number of halogens is 3. The van der Waals surface area contributed by atoms with Crippen molar-refractivity contribution < 1.29 is 13.2 Å². The Kier molecular flexibility index (Phi) is 7.01. The summed E-state index contributed by atoms with van der Waals surface area (Å²) in [5, 5.41) is 9.47. The average molecular weight is 465 g/mol. The number of benzene rings is 1. The third-order valence-corrected chi connectivity index (χ3v) is 7.72. The molecule has 1 saturated carbocycles. The van der Waals surface area contributed by atoms with E-state index in [1.165, 1.54) is 43.4 Å². The highest BCUT2D eigenvalue weighted by molar-refractivity contribution is 7.21. The van der Waals surface area contributed by atoms with E-state index < -0.39 is 17.3 Å². The minimum atomic E-state index is -4.56. The van der Waals surface area contributed by atoms with Crippen LogP contribution >= 0.6 is 11.3 Å². The van der Waals surface area contributed by atoms with Crippen LogP contribution in [0.5, 0.6) is 0 Å². The summed E-state index contributed by atoms with van der Waals surface area (Å²) in [6.07, 6.45) is 2.31. The molecule has 1 aromatic carbocycles. The van der Waals surface area contributed by atoms with Crippen LogP contribution < -0.4 is 10.5 Å². The molecule has 0 amide bonds. The molecule has 1 aliphatic carbocycles. The number of alkyl halides is 3. The number of piperazine rings is 1. The minimum Gasteiger partial charge on any atom is -0.345 e. The molecule has 0 radical (unpaired) electrons. The molecular formula is C23H27F3N4OS. The summed E-state index contributed by atoms with van der Waals surface area (Å²) in [5.74, 6) is 0.774. The monoisotopic (exact) mass is 464 g/mol. The van der Waals surface area contributed by atoms with E-state index in [4.69, 9.17) is 5.26 Å². The second-order valence-electron chi connectivity index (χ2n) is 8.76. The highest BCUT2D eigenvalue weighted by Gasteiger charge is 2.32. The van der Waals surface area contributed by atoms with E-state index in [0.717, 1.165) is 50.8 Å². The van der Waals surface area contributed by atoms with Gasteiger partial charge in [-0.3, -0.25) is 9.69 Å². The summed E-state index contributed by atoms with van der Waals surface area (Å²) >= 11 is 1.26. The quantitative estimate of drug-likeness (QED) is 0.634. The van der Waals surface area contributed by atoms with E-state index in [1.807, 2.05) is 6.07 Å². The van der Waals surface area contributed by atoms with Crippen molar-refractivity contribution in [3.8, 4) is 6.07 Å². The molecule has 172 valence electrons. The fraction of sp³-hybridized carbons (Fsp3) is 0.609. The molecule has 0 spiro atoms. The van der Waals surface area contributed by atoms with Crippen LogP contribution in [0.3, 0.4) is 0 Å². The maximum Gasteiger partial charge on any atom is 0.416 e. The van der Waals surface area contributed by atoms with Crippen molar-refractivity contribution in [1.82, 2.24) is 9.88 Å². The lowest BCUT2D eigenvalue weighted by atomic mass is 9.89. The van der Waals surface area contributed by atoms with Crippen LogP contribution in [0.2, 0.25) is 0 Å². The number of nitrogens with zero attached hydrogens (tertiary/aromatic N) is 4. The van der Waals surface area contributed by atoms with Crippen LogP contribution in [-0.4, -0.2) is 42.6 Å². The number of anilines is 1. The normalized spacial score (nSPS) is 18.8. The fourth-order valence-corrected chi connectivity index (χ4v) is 5.93. The first-order valence-corrected chi connectivity index (χ1v) is 12.1. The Hall–Kier alpha value is -2.18. The third-order valence-electron chi connectivity index (χ3n) is 6.50. The van der Waals surface area contributed by atoms with Gasteiger partial charge in [0.05, 0.1) is 17.0 Å². The largest absolute Gasteiger partial charge is 0.416 e. The summed E-state index contributed by atoms with van der Waals surface area (Å²) in [6, 6.07) is 3.95. The zero-order valence-corrected chi connectivity index (χ0v) is 18.8. The maximum atomic E-state index is 13.3. The molecule has 4 rings (SSSR count). The van der Waals surface area contributed by atoms with Gasteiger partial charge in [0.25, 0.3) is 5.56 Å². The second-order valence-corrected chi connectivity index (χ2v) is 9.74. The first-order valence-electron chi connectivity index (χ1n) is 11.2. The van der Waals surface area contributed by atoms with E-state index in [0.29, 0.717) is 15.4 Å². The van der Waals surface area contributed by atoms with Gasteiger partial charge in [-0.2, -0.15) is 23.4 Å². The van der Waals surface area contributed by atoms with Gasteiger partial charge in [-0.25, -0.2) is 0 Å². The molecule has 9 heteroatoms. The highest BCUT2D eigenvalue weighted by Crippen LogP contribution is 2.36. The Balaban J connectivity index is 1.56. The molecule has 2 fully saturated rings.